The molecule has 0 heterocycles. The summed E-state index contributed by atoms with van der Waals surface area (Å²) in [5, 5.41) is 2.92. The van der Waals surface area contributed by atoms with Crippen LogP contribution < -0.4 is 5.32 Å². The Balaban J connectivity index is 0.000000511. The number of alkyl carbamates (subject to hydrolysis) is 1. The minimum atomic E-state index is -0.397. The summed E-state index contributed by atoms with van der Waals surface area (Å²) in [5.74, 6) is 0.586. The van der Waals surface area contributed by atoms with Crippen molar-refractivity contribution in [1.82, 2.24) is 5.32 Å². The number of carbonyl (C=O) groups excluding carboxylic acids is 1. The Morgan fingerprint density at radius 3 is 2.05 bits per heavy atom. The molecule has 0 radical (unpaired) electrons. The zero-order valence-corrected chi connectivity index (χ0v) is 14.4. The number of unbranched alkanes of at least 4 members (excludes halogenated alkanes) is 3. The van der Waals surface area contributed by atoms with E-state index >= 15 is 0 Å². The van der Waals surface area contributed by atoms with E-state index < -0.39 is 5.60 Å². The lowest BCUT2D eigenvalue weighted by Gasteiger charge is -2.23. The second-order valence-electron chi connectivity index (χ2n) is 6.87. The molecular formula is C17H35NO2. The van der Waals surface area contributed by atoms with Gasteiger partial charge in [0.1, 0.15) is 5.60 Å². The summed E-state index contributed by atoms with van der Waals surface area (Å²) < 4.78 is 5.20. The van der Waals surface area contributed by atoms with Gasteiger partial charge >= 0.3 is 6.09 Å². The number of ether oxygens (including phenoxy) is 1. The van der Waals surface area contributed by atoms with Gasteiger partial charge in [0, 0.05) is 6.04 Å². The first kappa shape index (κ1) is 19.3. The molecule has 1 rings (SSSR count). The van der Waals surface area contributed by atoms with Crippen LogP contribution in [0.25, 0.3) is 0 Å². The molecule has 1 fully saturated rings. The molecule has 20 heavy (non-hydrogen) atoms. The van der Waals surface area contributed by atoms with Crippen LogP contribution in [0.2, 0.25) is 0 Å². The van der Waals surface area contributed by atoms with E-state index in [9.17, 15) is 4.79 Å². The van der Waals surface area contributed by atoms with Gasteiger partial charge in [-0.05, 0) is 39.5 Å². The zero-order valence-electron chi connectivity index (χ0n) is 14.4. The summed E-state index contributed by atoms with van der Waals surface area (Å²) in [5.41, 5.74) is -0.397. The Morgan fingerprint density at radius 2 is 1.70 bits per heavy atom. The summed E-state index contributed by atoms with van der Waals surface area (Å²) in [4.78, 5) is 11.4. The van der Waals surface area contributed by atoms with Crippen molar-refractivity contribution in [2.24, 2.45) is 5.92 Å². The molecule has 1 aliphatic carbocycles. The van der Waals surface area contributed by atoms with Crippen molar-refractivity contribution in [2.45, 2.75) is 98.1 Å². The maximum absolute atomic E-state index is 11.4. The van der Waals surface area contributed by atoms with E-state index in [-0.39, 0.29) is 6.09 Å². The molecule has 1 amide bonds. The molecule has 3 nitrogen and oxygen atoms in total. The van der Waals surface area contributed by atoms with Gasteiger partial charge in [-0.25, -0.2) is 4.79 Å². The molecule has 0 spiro atoms. The number of rotatable bonds is 4. The maximum atomic E-state index is 11.4. The van der Waals surface area contributed by atoms with E-state index in [1.165, 1.54) is 38.5 Å². The fourth-order valence-electron chi connectivity index (χ4n) is 2.32. The molecule has 0 aromatic heterocycles. The van der Waals surface area contributed by atoms with Crippen LogP contribution >= 0.6 is 0 Å². The quantitative estimate of drug-likeness (QED) is 0.713. The standard InChI is InChI=1S/C11H21NO2.C6H14/c1-8-6-5-7-9(8)12-10(13)14-11(2,3)4;1-3-5-6-4-2/h8-9H,5-7H2,1-4H3,(H,12,13);3-6H2,1-2H3/t8-,9?;/m1./s1. The monoisotopic (exact) mass is 285 g/mol. The predicted octanol–water partition coefficient (Wildman–Crippen LogP) is 5.29. The minimum absolute atomic E-state index is 0.281. The van der Waals surface area contributed by atoms with Crippen LogP contribution in [0.15, 0.2) is 0 Å². The van der Waals surface area contributed by atoms with Crippen LogP contribution in [0.3, 0.4) is 0 Å². The lowest BCUT2D eigenvalue weighted by molar-refractivity contribution is 0.0495. The second kappa shape index (κ2) is 10.1. The van der Waals surface area contributed by atoms with Crippen molar-refractivity contribution in [1.29, 1.82) is 0 Å². The first-order valence-electron chi connectivity index (χ1n) is 8.29. The lowest BCUT2D eigenvalue weighted by Crippen LogP contribution is -2.40. The molecule has 120 valence electrons. The zero-order chi connectivity index (χ0) is 15.6. The van der Waals surface area contributed by atoms with Crippen molar-refractivity contribution in [3.63, 3.8) is 0 Å². The highest BCUT2D eigenvalue weighted by Gasteiger charge is 2.26. The van der Waals surface area contributed by atoms with E-state index in [1.54, 1.807) is 0 Å². The Morgan fingerprint density at radius 1 is 1.15 bits per heavy atom. The van der Waals surface area contributed by atoms with E-state index in [0.29, 0.717) is 12.0 Å². The summed E-state index contributed by atoms with van der Waals surface area (Å²) in [7, 11) is 0. The van der Waals surface area contributed by atoms with E-state index in [4.69, 9.17) is 4.74 Å². The van der Waals surface area contributed by atoms with Crippen LogP contribution in [-0.2, 0) is 4.74 Å². The molecule has 0 aromatic rings. The van der Waals surface area contributed by atoms with Crippen LogP contribution in [0.4, 0.5) is 4.79 Å². The largest absolute Gasteiger partial charge is 0.444 e. The van der Waals surface area contributed by atoms with E-state index in [2.05, 4.69) is 26.1 Å². The SMILES string of the molecule is CCCCCC.C[C@@H]1CCCC1NC(=O)OC(C)(C)C. The normalized spacial score (nSPS) is 21.9. The Bertz CT molecular complexity index is 254. The molecular weight excluding hydrogens is 250 g/mol. The summed E-state index contributed by atoms with van der Waals surface area (Å²) in [6, 6.07) is 0.310. The van der Waals surface area contributed by atoms with Gasteiger partial charge in [-0.15, -0.1) is 0 Å². The number of amides is 1. The van der Waals surface area contributed by atoms with Crippen molar-refractivity contribution < 1.29 is 9.53 Å². The average molecular weight is 285 g/mol. The molecule has 3 heteroatoms. The molecule has 1 saturated carbocycles. The molecule has 1 aliphatic rings. The predicted molar refractivity (Wildman–Crippen MR) is 86.0 cm³/mol. The van der Waals surface area contributed by atoms with Crippen molar-refractivity contribution in [2.75, 3.05) is 0 Å². The molecule has 0 aromatic carbocycles. The summed E-state index contributed by atoms with van der Waals surface area (Å²) in [6.07, 6.45) is 8.76. The first-order chi connectivity index (χ1) is 9.30. The number of nitrogens with one attached hydrogen (secondary N) is 1. The van der Waals surface area contributed by atoms with Gasteiger partial charge in [0.25, 0.3) is 0 Å². The molecule has 0 aliphatic heterocycles. The maximum Gasteiger partial charge on any atom is 0.407 e. The van der Waals surface area contributed by atoms with Gasteiger partial charge < -0.3 is 10.1 Å². The second-order valence-corrected chi connectivity index (χ2v) is 6.87. The van der Waals surface area contributed by atoms with Gasteiger partial charge in [-0.3, -0.25) is 0 Å². The Labute approximate surface area is 125 Å². The molecule has 2 atom stereocenters. The third-order valence-corrected chi connectivity index (χ3v) is 3.52. The van der Waals surface area contributed by atoms with Crippen LogP contribution in [0.1, 0.15) is 86.5 Å². The third-order valence-electron chi connectivity index (χ3n) is 3.52. The molecule has 1 N–H and O–H groups in total. The summed E-state index contributed by atoms with van der Waals surface area (Å²) >= 11 is 0. The topological polar surface area (TPSA) is 38.3 Å². The van der Waals surface area contributed by atoms with Gasteiger partial charge in [0.15, 0.2) is 0 Å². The van der Waals surface area contributed by atoms with Crippen molar-refractivity contribution >= 4 is 6.09 Å². The van der Waals surface area contributed by atoms with E-state index in [0.717, 1.165) is 6.42 Å². The van der Waals surface area contributed by atoms with E-state index in [1.807, 2.05) is 20.8 Å². The number of hydrogen-bond acceptors (Lipinski definition) is 2. The molecule has 0 saturated heterocycles. The highest BCUT2D eigenvalue weighted by atomic mass is 16.6. The molecule has 0 bridgehead atoms. The van der Waals surface area contributed by atoms with Crippen LogP contribution in [-0.4, -0.2) is 17.7 Å². The Hall–Kier alpha value is -0.730. The molecule has 1 unspecified atom stereocenters. The van der Waals surface area contributed by atoms with Crippen LogP contribution in [0.5, 0.6) is 0 Å². The average Bonchev–Trinajstić information content (AvgIpc) is 2.71. The number of carbonyl (C=O) groups is 1. The third kappa shape index (κ3) is 10.1. The van der Waals surface area contributed by atoms with Crippen molar-refractivity contribution in [3.05, 3.63) is 0 Å². The fourth-order valence-corrected chi connectivity index (χ4v) is 2.32. The minimum Gasteiger partial charge on any atom is -0.444 e. The Kier molecular flexibility index (Phi) is 9.70. The van der Waals surface area contributed by atoms with Gasteiger partial charge in [-0.1, -0.05) is 52.9 Å². The fraction of sp³-hybridized carbons (Fsp3) is 0.941. The van der Waals surface area contributed by atoms with Crippen molar-refractivity contribution in [3.8, 4) is 0 Å². The van der Waals surface area contributed by atoms with Gasteiger partial charge in [0.05, 0.1) is 0 Å². The lowest BCUT2D eigenvalue weighted by atomic mass is 10.1. The van der Waals surface area contributed by atoms with Gasteiger partial charge in [-0.2, -0.15) is 0 Å². The van der Waals surface area contributed by atoms with Gasteiger partial charge in [0.2, 0.25) is 0 Å². The van der Waals surface area contributed by atoms with Crippen LogP contribution in [0, 0.1) is 5.92 Å². The highest BCUT2D eigenvalue weighted by molar-refractivity contribution is 5.68. The smallest absolute Gasteiger partial charge is 0.407 e. The first-order valence-corrected chi connectivity index (χ1v) is 8.29. The number of hydrogen-bond donors (Lipinski definition) is 1. The highest BCUT2D eigenvalue weighted by Crippen LogP contribution is 2.25. The summed E-state index contributed by atoms with van der Waals surface area (Å²) in [6.45, 7) is 12.3.